The van der Waals surface area contributed by atoms with Crippen molar-refractivity contribution in [1.82, 2.24) is 9.78 Å². The highest BCUT2D eigenvalue weighted by molar-refractivity contribution is 5.87. The first-order chi connectivity index (χ1) is 7.61. The van der Waals surface area contributed by atoms with Crippen molar-refractivity contribution in [2.45, 2.75) is 13.8 Å². The third-order valence-corrected chi connectivity index (χ3v) is 2.62. The summed E-state index contributed by atoms with van der Waals surface area (Å²) in [4.78, 5) is 10.9. The molecule has 0 bridgehead atoms. The van der Waals surface area contributed by atoms with Gasteiger partial charge in [-0.15, -0.1) is 0 Å². The van der Waals surface area contributed by atoms with E-state index in [2.05, 4.69) is 5.10 Å². The van der Waals surface area contributed by atoms with Crippen LogP contribution in [0.4, 0.5) is 0 Å². The Hall–Kier alpha value is -2.10. The number of hydrogen-bond donors (Lipinski definition) is 1. The van der Waals surface area contributed by atoms with Crippen molar-refractivity contribution in [3.63, 3.8) is 0 Å². The fourth-order valence-electron chi connectivity index (χ4n) is 1.60. The summed E-state index contributed by atoms with van der Waals surface area (Å²) in [7, 11) is 0. The Kier molecular flexibility index (Phi) is 2.48. The van der Waals surface area contributed by atoms with Crippen LogP contribution >= 0.6 is 0 Å². The lowest BCUT2D eigenvalue weighted by Gasteiger charge is -2.03. The highest BCUT2D eigenvalue weighted by Gasteiger charge is 2.16. The smallest absolute Gasteiger partial charge is 0.356 e. The number of hydrogen-bond acceptors (Lipinski definition) is 2. The van der Waals surface area contributed by atoms with Crippen molar-refractivity contribution < 1.29 is 9.90 Å². The normalized spacial score (nSPS) is 10.4. The zero-order valence-electron chi connectivity index (χ0n) is 9.14. The number of para-hydroxylation sites is 1. The van der Waals surface area contributed by atoms with Crippen LogP contribution in [-0.2, 0) is 0 Å². The van der Waals surface area contributed by atoms with Crippen molar-refractivity contribution in [2.24, 2.45) is 0 Å². The maximum absolute atomic E-state index is 10.9. The van der Waals surface area contributed by atoms with Crippen LogP contribution in [0.15, 0.2) is 30.3 Å². The van der Waals surface area contributed by atoms with Crippen molar-refractivity contribution >= 4 is 5.97 Å². The summed E-state index contributed by atoms with van der Waals surface area (Å²) >= 11 is 0. The van der Waals surface area contributed by atoms with Crippen LogP contribution in [0.25, 0.3) is 5.69 Å². The molecule has 0 saturated carbocycles. The van der Waals surface area contributed by atoms with Gasteiger partial charge in [-0.05, 0) is 26.0 Å². The minimum absolute atomic E-state index is 0.112. The highest BCUT2D eigenvalue weighted by Crippen LogP contribution is 2.16. The average molecular weight is 216 g/mol. The minimum atomic E-state index is -0.990. The molecule has 0 amide bonds. The van der Waals surface area contributed by atoms with E-state index in [1.807, 2.05) is 37.3 Å². The number of aromatic nitrogens is 2. The second kappa shape index (κ2) is 3.81. The van der Waals surface area contributed by atoms with Crippen molar-refractivity contribution in [3.8, 4) is 5.69 Å². The van der Waals surface area contributed by atoms with E-state index in [-0.39, 0.29) is 5.69 Å². The van der Waals surface area contributed by atoms with Crippen molar-refractivity contribution in [3.05, 3.63) is 47.3 Å². The number of rotatable bonds is 2. The van der Waals surface area contributed by atoms with E-state index in [9.17, 15) is 4.79 Å². The van der Waals surface area contributed by atoms with Crippen LogP contribution in [0, 0.1) is 13.8 Å². The van der Waals surface area contributed by atoms with Gasteiger partial charge in [0, 0.05) is 11.3 Å². The molecule has 2 rings (SSSR count). The molecule has 1 aromatic heterocycles. The van der Waals surface area contributed by atoms with Crippen LogP contribution in [0.1, 0.15) is 21.7 Å². The number of nitrogens with zero attached hydrogens (tertiary/aromatic N) is 2. The van der Waals surface area contributed by atoms with Gasteiger partial charge < -0.3 is 5.11 Å². The van der Waals surface area contributed by atoms with E-state index in [0.717, 1.165) is 11.4 Å². The molecule has 82 valence electrons. The number of aromatic carboxylic acids is 1. The molecule has 16 heavy (non-hydrogen) atoms. The number of carboxylic acids is 1. The minimum Gasteiger partial charge on any atom is -0.476 e. The Bertz CT molecular complexity index is 529. The van der Waals surface area contributed by atoms with Gasteiger partial charge in [-0.25, -0.2) is 9.48 Å². The Morgan fingerprint density at radius 3 is 2.38 bits per heavy atom. The summed E-state index contributed by atoms with van der Waals surface area (Å²) in [6.07, 6.45) is 0. The first-order valence-corrected chi connectivity index (χ1v) is 4.96. The van der Waals surface area contributed by atoms with Crippen molar-refractivity contribution in [2.75, 3.05) is 0 Å². The topological polar surface area (TPSA) is 55.1 Å². The molecule has 4 nitrogen and oxygen atoms in total. The molecule has 4 heteroatoms. The Labute approximate surface area is 93.1 Å². The molecule has 0 saturated heterocycles. The SMILES string of the molecule is Cc1c(C(=O)O)nn(-c2ccccc2)c1C. The van der Waals surface area contributed by atoms with Gasteiger partial charge in [0.25, 0.3) is 0 Å². The molecule has 0 fully saturated rings. The summed E-state index contributed by atoms with van der Waals surface area (Å²) in [6, 6.07) is 9.49. The van der Waals surface area contributed by atoms with Crippen LogP contribution in [0.2, 0.25) is 0 Å². The number of carboxylic acid groups (broad SMARTS) is 1. The van der Waals surface area contributed by atoms with Gasteiger partial charge in [0.2, 0.25) is 0 Å². The molecule has 1 aromatic carbocycles. The third-order valence-electron chi connectivity index (χ3n) is 2.62. The molecular formula is C12H12N2O2. The van der Waals surface area contributed by atoms with Gasteiger partial charge in [-0.3, -0.25) is 0 Å². The molecule has 0 aliphatic rings. The Balaban J connectivity index is 2.60. The molecule has 0 spiro atoms. The molecule has 0 atom stereocenters. The van der Waals surface area contributed by atoms with E-state index >= 15 is 0 Å². The second-order valence-electron chi connectivity index (χ2n) is 3.61. The van der Waals surface area contributed by atoms with E-state index in [1.54, 1.807) is 11.6 Å². The summed E-state index contributed by atoms with van der Waals surface area (Å²) in [5.74, 6) is -0.990. The van der Waals surface area contributed by atoms with Gasteiger partial charge in [0.1, 0.15) is 0 Å². The quantitative estimate of drug-likeness (QED) is 0.837. The summed E-state index contributed by atoms with van der Waals surface area (Å²) < 4.78 is 1.65. The molecule has 0 aliphatic heterocycles. The van der Waals surface area contributed by atoms with Crippen LogP contribution < -0.4 is 0 Å². The molecule has 0 radical (unpaired) electrons. The maximum atomic E-state index is 10.9. The zero-order valence-corrected chi connectivity index (χ0v) is 9.14. The average Bonchev–Trinajstić information content (AvgIpc) is 2.58. The summed E-state index contributed by atoms with van der Waals surface area (Å²) in [5.41, 5.74) is 2.54. The van der Waals surface area contributed by atoms with E-state index in [4.69, 9.17) is 5.11 Å². The first-order valence-electron chi connectivity index (χ1n) is 4.96. The summed E-state index contributed by atoms with van der Waals surface area (Å²) in [6.45, 7) is 3.63. The van der Waals surface area contributed by atoms with Gasteiger partial charge >= 0.3 is 5.97 Å². The largest absolute Gasteiger partial charge is 0.476 e. The fourth-order valence-corrected chi connectivity index (χ4v) is 1.60. The molecule has 1 heterocycles. The lowest BCUT2D eigenvalue weighted by Crippen LogP contribution is -2.02. The standard InChI is InChI=1S/C12H12N2O2/c1-8-9(2)14(13-11(8)12(15)16)10-6-4-3-5-7-10/h3-7H,1-2H3,(H,15,16). The van der Waals surface area contributed by atoms with E-state index in [1.165, 1.54) is 0 Å². The van der Waals surface area contributed by atoms with Gasteiger partial charge in [0.15, 0.2) is 5.69 Å². The van der Waals surface area contributed by atoms with E-state index < -0.39 is 5.97 Å². The summed E-state index contributed by atoms with van der Waals surface area (Å²) in [5, 5.41) is 13.1. The monoisotopic (exact) mass is 216 g/mol. The number of benzene rings is 1. The lowest BCUT2D eigenvalue weighted by molar-refractivity contribution is 0.0689. The Morgan fingerprint density at radius 1 is 1.25 bits per heavy atom. The predicted molar refractivity (Wildman–Crippen MR) is 60.0 cm³/mol. The Morgan fingerprint density at radius 2 is 1.88 bits per heavy atom. The predicted octanol–water partition coefficient (Wildman–Crippen LogP) is 2.19. The van der Waals surface area contributed by atoms with Crippen molar-refractivity contribution in [1.29, 1.82) is 0 Å². The second-order valence-corrected chi connectivity index (χ2v) is 3.61. The van der Waals surface area contributed by atoms with Crippen LogP contribution in [0.3, 0.4) is 0 Å². The molecule has 2 aromatic rings. The van der Waals surface area contributed by atoms with Crippen LogP contribution in [-0.4, -0.2) is 20.9 Å². The third kappa shape index (κ3) is 1.58. The molecule has 0 unspecified atom stereocenters. The lowest BCUT2D eigenvalue weighted by atomic mass is 10.2. The zero-order chi connectivity index (χ0) is 11.7. The van der Waals surface area contributed by atoms with Crippen LogP contribution in [0.5, 0.6) is 0 Å². The maximum Gasteiger partial charge on any atom is 0.356 e. The van der Waals surface area contributed by atoms with Gasteiger partial charge in [0.05, 0.1) is 5.69 Å². The number of carbonyl (C=O) groups is 1. The fraction of sp³-hybridized carbons (Fsp3) is 0.167. The highest BCUT2D eigenvalue weighted by atomic mass is 16.4. The van der Waals surface area contributed by atoms with Gasteiger partial charge in [-0.1, -0.05) is 18.2 Å². The van der Waals surface area contributed by atoms with Gasteiger partial charge in [-0.2, -0.15) is 5.10 Å². The molecule has 0 aliphatic carbocycles. The molecular weight excluding hydrogens is 204 g/mol. The first kappa shape index (κ1) is 10.4. The van der Waals surface area contributed by atoms with E-state index in [0.29, 0.717) is 5.56 Å². The molecule has 1 N–H and O–H groups in total.